The molecule has 0 fully saturated rings. The lowest BCUT2D eigenvalue weighted by atomic mass is 9.89. The number of hydrogen-bond acceptors (Lipinski definition) is 4. The molecule has 0 N–H and O–H groups in total. The molecule has 0 aliphatic heterocycles. The van der Waals surface area contributed by atoms with Crippen LogP contribution < -0.4 is 9.47 Å². The zero-order valence-corrected chi connectivity index (χ0v) is 17.0. The maximum atomic E-state index is 11.9. The SMILES string of the molecule is CC(=O)c1ccc(OCc2ccccc2)cc1OCCCCCC(C)(C)C#N. The van der Waals surface area contributed by atoms with Crippen LogP contribution >= 0.6 is 0 Å². The number of rotatable bonds is 11. The number of ketones is 1. The summed E-state index contributed by atoms with van der Waals surface area (Å²) in [5.74, 6) is 1.22. The van der Waals surface area contributed by atoms with Gasteiger partial charge in [0.15, 0.2) is 5.78 Å². The summed E-state index contributed by atoms with van der Waals surface area (Å²) in [7, 11) is 0. The summed E-state index contributed by atoms with van der Waals surface area (Å²) in [6.07, 6.45) is 3.74. The van der Waals surface area contributed by atoms with Crippen LogP contribution in [0.25, 0.3) is 0 Å². The normalized spacial score (nSPS) is 10.9. The Morgan fingerprint density at radius 3 is 2.46 bits per heavy atom. The van der Waals surface area contributed by atoms with Crippen molar-refractivity contribution in [1.82, 2.24) is 0 Å². The van der Waals surface area contributed by atoms with Gasteiger partial charge in [-0.15, -0.1) is 0 Å². The quantitative estimate of drug-likeness (QED) is 0.357. The monoisotopic (exact) mass is 379 g/mol. The summed E-state index contributed by atoms with van der Waals surface area (Å²) in [5, 5.41) is 9.05. The van der Waals surface area contributed by atoms with Crippen molar-refractivity contribution in [1.29, 1.82) is 5.26 Å². The Kier molecular flexibility index (Phi) is 8.07. The third-order valence-electron chi connectivity index (χ3n) is 4.59. The van der Waals surface area contributed by atoms with Crippen molar-refractivity contribution >= 4 is 5.78 Å². The van der Waals surface area contributed by atoms with Gasteiger partial charge in [-0.05, 0) is 51.3 Å². The largest absolute Gasteiger partial charge is 0.493 e. The van der Waals surface area contributed by atoms with Crippen molar-refractivity contribution in [3.05, 3.63) is 59.7 Å². The average Bonchev–Trinajstić information content (AvgIpc) is 2.69. The van der Waals surface area contributed by atoms with Crippen molar-refractivity contribution in [3.8, 4) is 17.6 Å². The van der Waals surface area contributed by atoms with E-state index in [-0.39, 0.29) is 11.2 Å². The maximum absolute atomic E-state index is 11.9. The van der Waals surface area contributed by atoms with Crippen molar-refractivity contribution in [3.63, 3.8) is 0 Å². The Morgan fingerprint density at radius 1 is 1.04 bits per heavy atom. The van der Waals surface area contributed by atoms with Crippen LogP contribution in [-0.2, 0) is 6.61 Å². The van der Waals surface area contributed by atoms with Crippen molar-refractivity contribution in [2.24, 2.45) is 5.41 Å². The molecule has 0 aromatic heterocycles. The highest BCUT2D eigenvalue weighted by molar-refractivity contribution is 5.97. The van der Waals surface area contributed by atoms with Crippen LogP contribution in [-0.4, -0.2) is 12.4 Å². The predicted octanol–water partition coefficient (Wildman–Crippen LogP) is 5.96. The minimum atomic E-state index is -0.271. The van der Waals surface area contributed by atoms with Crippen LogP contribution in [0.5, 0.6) is 11.5 Å². The zero-order valence-electron chi connectivity index (χ0n) is 17.0. The molecule has 0 unspecified atom stereocenters. The van der Waals surface area contributed by atoms with Gasteiger partial charge in [-0.25, -0.2) is 0 Å². The molecule has 4 nitrogen and oxygen atoms in total. The fourth-order valence-corrected chi connectivity index (χ4v) is 2.83. The minimum Gasteiger partial charge on any atom is -0.493 e. The van der Waals surface area contributed by atoms with Gasteiger partial charge in [-0.2, -0.15) is 5.26 Å². The van der Waals surface area contributed by atoms with Crippen LogP contribution in [0.15, 0.2) is 48.5 Å². The van der Waals surface area contributed by atoms with E-state index >= 15 is 0 Å². The molecule has 4 heteroatoms. The van der Waals surface area contributed by atoms with Crippen LogP contribution in [0.4, 0.5) is 0 Å². The van der Waals surface area contributed by atoms with Crippen LogP contribution in [0, 0.1) is 16.7 Å². The number of carbonyl (C=O) groups is 1. The number of Topliss-reactive ketones (excluding diaryl/α,β-unsaturated/α-hetero) is 1. The number of hydrogen-bond donors (Lipinski definition) is 0. The Balaban J connectivity index is 1.88. The maximum Gasteiger partial charge on any atom is 0.163 e. The Hall–Kier alpha value is -2.80. The molecular weight excluding hydrogens is 350 g/mol. The molecule has 2 aromatic rings. The fraction of sp³-hybridized carbons (Fsp3) is 0.417. The first-order valence-electron chi connectivity index (χ1n) is 9.77. The molecule has 0 heterocycles. The molecular formula is C24H29NO3. The summed E-state index contributed by atoms with van der Waals surface area (Å²) in [4.78, 5) is 11.9. The van der Waals surface area contributed by atoms with Crippen LogP contribution in [0.3, 0.4) is 0 Å². The van der Waals surface area contributed by atoms with E-state index in [1.807, 2.05) is 44.2 Å². The molecule has 0 atom stereocenters. The fourth-order valence-electron chi connectivity index (χ4n) is 2.83. The topological polar surface area (TPSA) is 59.3 Å². The summed E-state index contributed by atoms with van der Waals surface area (Å²) < 4.78 is 11.7. The summed E-state index contributed by atoms with van der Waals surface area (Å²) in [5.41, 5.74) is 1.38. The number of unbranched alkanes of at least 4 members (excludes halogenated alkanes) is 2. The minimum absolute atomic E-state index is 0.0274. The molecule has 28 heavy (non-hydrogen) atoms. The summed E-state index contributed by atoms with van der Waals surface area (Å²) in [6.45, 7) is 6.47. The molecule has 0 bridgehead atoms. The molecule has 2 rings (SSSR count). The van der Waals surface area contributed by atoms with E-state index in [1.54, 1.807) is 18.2 Å². The van der Waals surface area contributed by atoms with Crippen molar-refractivity contribution < 1.29 is 14.3 Å². The highest BCUT2D eigenvalue weighted by Gasteiger charge is 2.15. The smallest absolute Gasteiger partial charge is 0.163 e. The van der Waals surface area contributed by atoms with Crippen molar-refractivity contribution in [2.75, 3.05) is 6.61 Å². The van der Waals surface area contributed by atoms with Crippen molar-refractivity contribution in [2.45, 2.75) is 53.1 Å². The van der Waals surface area contributed by atoms with Gasteiger partial charge >= 0.3 is 0 Å². The van der Waals surface area contributed by atoms with Gasteiger partial charge in [0.05, 0.1) is 23.7 Å². The number of ether oxygens (including phenoxy) is 2. The molecule has 0 spiro atoms. The lowest BCUT2D eigenvalue weighted by Gasteiger charge is -2.15. The zero-order chi connectivity index (χ0) is 20.4. The van der Waals surface area contributed by atoms with E-state index in [0.717, 1.165) is 31.2 Å². The van der Waals surface area contributed by atoms with Gasteiger partial charge in [0, 0.05) is 6.07 Å². The number of carbonyl (C=O) groups excluding carboxylic acids is 1. The van der Waals surface area contributed by atoms with E-state index in [0.29, 0.717) is 30.3 Å². The standard InChI is InChI=1S/C24H29NO3/c1-19(26)22-13-12-21(28-17-20-10-6-4-7-11-20)16-23(22)27-15-9-5-8-14-24(2,3)18-25/h4,6-7,10-13,16H,5,8-9,14-15,17H2,1-3H3. The van der Waals surface area contributed by atoms with Crippen LogP contribution in [0.2, 0.25) is 0 Å². The average molecular weight is 380 g/mol. The molecule has 0 aliphatic carbocycles. The number of nitriles is 1. The first-order chi connectivity index (χ1) is 13.4. The third kappa shape index (κ3) is 7.08. The second kappa shape index (κ2) is 10.5. The molecule has 0 saturated heterocycles. The van der Waals surface area contributed by atoms with E-state index in [9.17, 15) is 4.79 Å². The first kappa shape index (κ1) is 21.5. The van der Waals surface area contributed by atoms with Gasteiger partial charge in [0.2, 0.25) is 0 Å². The Bertz CT molecular complexity index is 806. The molecule has 2 aromatic carbocycles. The lowest BCUT2D eigenvalue weighted by molar-refractivity contribution is 0.101. The van der Waals surface area contributed by atoms with Gasteiger partial charge in [-0.3, -0.25) is 4.79 Å². The molecule has 0 saturated carbocycles. The molecule has 148 valence electrons. The predicted molar refractivity (Wildman–Crippen MR) is 111 cm³/mol. The Labute approximate surface area is 168 Å². The highest BCUT2D eigenvalue weighted by Crippen LogP contribution is 2.27. The van der Waals surface area contributed by atoms with Gasteiger partial charge < -0.3 is 9.47 Å². The summed E-state index contributed by atoms with van der Waals surface area (Å²) >= 11 is 0. The van der Waals surface area contributed by atoms with E-state index in [1.165, 1.54) is 6.92 Å². The van der Waals surface area contributed by atoms with Gasteiger partial charge in [0.25, 0.3) is 0 Å². The molecule has 0 amide bonds. The second-order valence-electron chi connectivity index (χ2n) is 7.64. The van der Waals surface area contributed by atoms with E-state index in [4.69, 9.17) is 14.7 Å². The first-order valence-corrected chi connectivity index (χ1v) is 9.77. The lowest BCUT2D eigenvalue weighted by Crippen LogP contribution is -2.08. The summed E-state index contributed by atoms with van der Waals surface area (Å²) in [6, 6.07) is 17.6. The number of nitrogens with zero attached hydrogens (tertiary/aromatic N) is 1. The van der Waals surface area contributed by atoms with Gasteiger partial charge in [-0.1, -0.05) is 43.2 Å². The van der Waals surface area contributed by atoms with Crippen LogP contribution in [0.1, 0.15) is 62.4 Å². The van der Waals surface area contributed by atoms with Gasteiger partial charge in [0.1, 0.15) is 18.1 Å². The van der Waals surface area contributed by atoms with E-state index in [2.05, 4.69) is 6.07 Å². The van der Waals surface area contributed by atoms with E-state index < -0.39 is 0 Å². The Morgan fingerprint density at radius 2 is 1.79 bits per heavy atom. The number of benzene rings is 2. The highest BCUT2D eigenvalue weighted by atomic mass is 16.5. The molecule has 0 aliphatic rings. The molecule has 0 radical (unpaired) electrons. The second-order valence-corrected chi connectivity index (χ2v) is 7.64. The third-order valence-corrected chi connectivity index (χ3v) is 4.59.